The molecular formula is C12H20N2O2S2. The van der Waals surface area contributed by atoms with Crippen molar-refractivity contribution >= 4 is 27.5 Å². The van der Waals surface area contributed by atoms with Gasteiger partial charge in [0.05, 0.1) is 5.75 Å². The number of benzene rings is 1. The maximum Gasteiger partial charge on any atom is 0.233 e. The third-order valence-corrected chi connectivity index (χ3v) is 4.37. The van der Waals surface area contributed by atoms with E-state index in [2.05, 4.69) is 10.0 Å². The molecule has 0 heterocycles. The third-order valence-electron chi connectivity index (χ3n) is 2.34. The maximum atomic E-state index is 11.8. The zero-order valence-electron chi connectivity index (χ0n) is 10.8. The van der Waals surface area contributed by atoms with E-state index in [1.165, 1.54) is 0 Å². The van der Waals surface area contributed by atoms with Crippen molar-refractivity contribution in [2.24, 2.45) is 0 Å². The van der Waals surface area contributed by atoms with Crippen molar-refractivity contribution in [3.05, 3.63) is 24.3 Å². The smallest absolute Gasteiger partial charge is 0.233 e. The van der Waals surface area contributed by atoms with E-state index >= 15 is 0 Å². The SMILES string of the molecule is CCCNCCS(=O)(=O)Nc1ccc(SC)cc1. The van der Waals surface area contributed by atoms with Crippen LogP contribution in [-0.4, -0.2) is 33.5 Å². The fourth-order valence-corrected chi connectivity index (χ4v) is 2.82. The van der Waals surface area contributed by atoms with Crippen LogP contribution in [0.15, 0.2) is 29.2 Å². The van der Waals surface area contributed by atoms with Crippen LogP contribution in [0.25, 0.3) is 0 Å². The molecule has 6 heteroatoms. The number of anilines is 1. The van der Waals surface area contributed by atoms with Gasteiger partial charge in [-0.3, -0.25) is 4.72 Å². The molecule has 2 N–H and O–H groups in total. The van der Waals surface area contributed by atoms with E-state index in [1.807, 2.05) is 25.3 Å². The van der Waals surface area contributed by atoms with Crippen LogP contribution in [0.1, 0.15) is 13.3 Å². The summed E-state index contributed by atoms with van der Waals surface area (Å²) in [7, 11) is -3.25. The zero-order valence-corrected chi connectivity index (χ0v) is 12.4. The second kappa shape index (κ2) is 7.66. The number of hydrogen-bond acceptors (Lipinski definition) is 4. The molecule has 102 valence electrons. The van der Waals surface area contributed by atoms with Crippen molar-refractivity contribution in [2.45, 2.75) is 18.2 Å². The first-order chi connectivity index (χ1) is 8.57. The first kappa shape index (κ1) is 15.3. The highest BCUT2D eigenvalue weighted by Gasteiger charge is 2.09. The average Bonchev–Trinajstić information content (AvgIpc) is 2.35. The minimum absolute atomic E-state index is 0.0945. The van der Waals surface area contributed by atoms with Crippen LogP contribution in [-0.2, 0) is 10.0 Å². The van der Waals surface area contributed by atoms with E-state index in [-0.39, 0.29) is 5.75 Å². The molecule has 1 aromatic rings. The molecule has 0 amide bonds. The largest absolute Gasteiger partial charge is 0.316 e. The number of rotatable bonds is 8. The van der Waals surface area contributed by atoms with Gasteiger partial charge in [-0.05, 0) is 43.5 Å². The molecule has 0 aliphatic heterocycles. The Morgan fingerprint density at radius 1 is 1.17 bits per heavy atom. The molecule has 1 rings (SSSR count). The van der Waals surface area contributed by atoms with Gasteiger partial charge in [0.25, 0.3) is 0 Å². The molecule has 1 aromatic carbocycles. The Hall–Kier alpha value is -0.720. The molecule has 0 saturated heterocycles. The van der Waals surface area contributed by atoms with Crippen LogP contribution in [0.2, 0.25) is 0 Å². The molecule has 0 unspecified atom stereocenters. The van der Waals surface area contributed by atoms with E-state index in [9.17, 15) is 8.42 Å². The summed E-state index contributed by atoms with van der Waals surface area (Å²) in [6, 6.07) is 7.36. The number of nitrogens with one attached hydrogen (secondary N) is 2. The highest BCUT2D eigenvalue weighted by molar-refractivity contribution is 7.98. The molecule has 4 nitrogen and oxygen atoms in total. The molecule has 18 heavy (non-hydrogen) atoms. The van der Waals surface area contributed by atoms with Crippen molar-refractivity contribution in [3.63, 3.8) is 0 Å². The van der Waals surface area contributed by atoms with Gasteiger partial charge in [-0.15, -0.1) is 11.8 Å². The van der Waals surface area contributed by atoms with Crippen LogP contribution in [0.5, 0.6) is 0 Å². The van der Waals surface area contributed by atoms with Crippen molar-refractivity contribution < 1.29 is 8.42 Å². The van der Waals surface area contributed by atoms with E-state index < -0.39 is 10.0 Å². The summed E-state index contributed by atoms with van der Waals surface area (Å²) in [4.78, 5) is 1.11. The predicted molar refractivity (Wildman–Crippen MR) is 78.8 cm³/mol. The van der Waals surface area contributed by atoms with E-state index in [4.69, 9.17) is 0 Å². The van der Waals surface area contributed by atoms with Gasteiger partial charge in [0.1, 0.15) is 0 Å². The van der Waals surface area contributed by atoms with Gasteiger partial charge in [0, 0.05) is 17.1 Å². The van der Waals surface area contributed by atoms with Gasteiger partial charge in [0.2, 0.25) is 10.0 Å². The van der Waals surface area contributed by atoms with Crippen molar-refractivity contribution in [2.75, 3.05) is 29.8 Å². The highest BCUT2D eigenvalue weighted by atomic mass is 32.2. The Bertz CT molecular complexity index is 444. The Balaban J connectivity index is 2.48. The molecule has 0 aliphatic rings. The van der Waals surface area contributed by atoms with Crippen LogP contribution >= 0.6 is 11.8 Å². The third kappa shape index (κ3) is 5.75. The lowest BCUT2D eigenvalue weighted by molar-refractivity contribution is 0.595. The summed E-state index contributed by atoms with van der Waals surface area (Å²) >= 11 is 1.63. The minimum atomic E-state index is -3.25. The van der Waals surface area contributed by atoms with E-state index in [0.29, 0.717) is 12.2 Å². The first-order valence-electron chi connectivity index (χ1n) is 5.92. The molecule has 0 aromatic heterocycles. The summed E-state index contributed by atoms with van der Waals surface area (Å²) in [5, 5.41) is 3.07. The first-order valence-corrected chi connectivity index (χ1v) is 8.80. The summed E-state index contributed by atoms with van der Waals surface area (Å²) in [5.74, 6) is 0.0945. The zero-order chi connectivity index (χ0) is 13.4. The standard InChI is InChI=1S/C12H20N2O2S2/c1-3-8-13-9-10-18(15,16)14-11-4-6-12(17-2)7-5-11/h4-7,13-14H,3,8-10H2,1-2H3. The van der Waals surface area contributed by atoms with Gasteiger partial charge in [-0.25, -0.2) is 8.42 Å². The van der Waals surface area contributed by atoms with Gasteiger partial charge in [-0.1, -0.05) is 6.92 Å². The lowest BCUT2D eigenvalue weighted by Crippen LogP contribution is -2.27. The predicted octanol–water partition coefficient (Wildman–Crippen LogP) is 2.15. The fourth-order valence-electron chi connectivity index (χ4n) is 1.40. The summed E-state index contributed by atoms with van der Waals surface area (Å²) < 4.78 is 26.1. The monoisotopic (exact) mass is 288 g/mol. The molecule has 0 spiro atoms. The van der Waals surface area contributed by atoms with Crippen LogP contribution < -0.4 is 10.0 Å². The van der Waals surface area contributed by atoms with Crippen molar-refractivity contribution in [1.29, 1.82) is 0 Å². The minimum Gasteiger partial charge on any atom is -0.316 e. The van der Waals surface area contributed by atoms with E-state index in [0.717, 1.165) is 17.9 Å². The van der Waals surface area contributed by atoms with Gasteiger partial charge in [-0.2, -0.15) is 0 Å². The average molecular weight is 288 g/mol. The molecule has 0 aliphatic carbocycles. The second-order valence-electron chi connectivity index (χ2n) is 3.90. The van der Waals surface area contributed by atoms with Crippen molar-refractivity contribution in [3.8, 4) is 0 Å². The van der Waals surface area contributed by atoms with Crippen LogP contribution in [0, 0.1) is 0 Å². The quantitative estimate of drug-likeness (QED) is 0.568. The molecule has 0 bridgehead atoms. The van der Waals surface area contributed by atoms with Gasteiger partial charge in [0.15, 0.2) is 0 Å². The summed E-state index contributed by atoms with van der Waals surface area (Å²) in [6.07, 6.45) is 2.99. The lowest BCUT2D eigenvalue weighted by atomic mass is 10.3. The van der Waals surface area contributed by atoms with E-state index in [1.54, 1.807) is 23.9 Å². The second-order valence-corrected chi connectivity index (χ2v) is 6.62. The number of hydrogen-bond donors (Lipinski definition) is 2. The molecule has 0 fully saturated rings. The van der Waals surface area contributed by atoms with Crippen LogP contribution in [0.4, 0.5) is 5.69 Å². The Labute approximate surface area is 114 Å². The molecular weight excluding hydrogens is 268 g/mol. The Morgan fingerprint density at radius 3 is 2.39 bits per heavy atom. The summed E-state index contributed by atoms with van der Waals surface area (Å²) in [6.45, 7) is 3.37. The molecule has 0 saturated carbocycles. The Kier molecular flexibility index (Phi) is 6.52. The number of thioether (sulfide) groups is 1. The Morgan fingerprint density at radius 2 is 1.83 bits per heavy atom. The van der Waals surface area contributed by atoms with Gasteiger partial charge >= 0.3 is 0 Å². The van der Waals surface area contributed by atoms with Crippen molar-refractivity contribution in [1.82, 2.24) is 5.32 Å². The fraction of sp³-hybridized carbons (Fsp3) is 0.500. The lowest BCUT2D eigenvalue weighted by Gasteiger charge is -2.08. The molecule has 0 radical (unpaired) electrons. The highest BCUT2D eigenvalue weighted by Crippen LogP contribution is 2.18. The maximum absolute atomic E-state index is 11.8. The summed E-state index contributed by atoms with van der Waals surface area (Å²) in [5.41, 5.74) is 0.614. The van der Waals surface area contributed by atoms with Crippen LogP contribution in [0.3, 0.4) is 0 Å². The molecule has 0 atom stereocenters. The topological polar surface area (TPSA) is 58.2 Å². The normalized spacial score (nSPS) is 11.4. The number of sulfonamides is 1. The van der Waals surface area contributed by atoms with Gasteiger partial charge < -0.3 is 5.32 Å².